The molecule has 21 heavy (non-hydrogen) atoms. The zero-order valence-corrected chi connectivity index (χ0v) is 12.6. The summed E-state index contributed by atoms with van der Waals surface area (Å²) in [6.45, 7) is 6.52. The molecule has 1 aromatic carbocycles. The maximum Gasteiger partial charge on any atom is 0.249 e. The molecule has 1 aliphatic heterocycles. The quantitative estimate of drug-likeness (QED) is 0.870. The molecule has 1 atom stereocenters. The number of aromatic nitrogens is 2. The van der Waals surface area contributed by atoms with Gasteiger partial charge in [-0.3, -0.25) is 4.79 Å². The Balaban J connectivity index is 1.88. The normalized spacial score (nSPS) is 18.5. The summed E-state index contributed by atoms with van der Waals surface area (Å²) in [5.74, 6) is 1.30. The van der Waals surface area contributed by atoms with Crippen molar-refractivity contribution in [2.45, 2.75) is 46.2 Å². The van der Waals surface area contributed by atoms with Gasteiger partial charge in [0, 0.05) is 13.0 Å². The molecule has 0 aliphatic carbocycles. The number of amides is 1. The van der Waals surface area contributed by atoms with Gasteiger partial charge in [-0.25, -0.2) is 0 Å². The van der Waals surface area contributed by atoms with Crippen LogP contribution in [0.3, 0.4) is 0 Å². The highest BCUT2D eigenvalue weighted by Crippen LogP contribution is 2.33. The lowest BCUT2D eigenvalue weighted by Gasteiger charge is -2.23. The second-order valence-electron chi connectivity index (χ2n) is 5.69. The summed E-state index contributed by atoms with van der Waals surface area (Å²) in [6.07, 6.45) is 1.28. The van der Waals surface area contributed by atoms with Gasteiger partial charge in [0.1, 0.15) is 6.04 Å². The van der Waals surface area contributed by atoms with Gasteiger partial charge < -0.3 is 9.42 Å². The van der Waals surface area contributed by atoms with Gasteiger partial charge in [-0.05, 0) is 38.3 Å². The Morgan fingerprint density at radius 3 is 2.86 bits per heavy atom. The van der Waals surface area contributed by atoms with Gasteiger partial charge in [-0.1, -0.05) is 28.9 Å². The number of nitrogens with zero attached hydrogens (tertiary/aromatic N) is 3. The molecule has 0 spiro atoms. The maximum atomic E-state index is 12.2. The third-order valence-electron chi connectivity index (χ3n) is 4.00. The minimum absolute atomic E-state index is 0.0985. The van der Waals surface area contributed by atoms with E-state index in [4.69, 9.17) is 4.52 Å². The second kappa shape index (κ2) is 5.31. The number of likely N-dealkylation sites (tertiary alicyclic amines) is 1. The Labute approximate surface area is 124 Å². The molecule has 0 radical (unpaired) electrons. The highest BCUT2D eigenvalue weighted by molar-refractivity contribution is 5.78. The smallest absolute Gasteiger partial charge is 0.249 e. The van der Waals surface area contributed by atoms with Gasteiger partial charge in [-0.15, -0.1) is 0 Å². The minimum Gasteiger partial charge on any atom is -0.337 e. The number of benzene rings is 1. The standard InChI is InChI=1S/C16H19N3O2/c1-10-4-5-11(2)13(8-10)9-19-14(6-7-15(19)20)16-17-12(3)18-21-16/h4-5,8,14H,6-7,9H2,1-3H3. The van der Waals surface area contributed by atoms with E-state index in [-0.39, 0.29) is 11.9 Å². The number of carbonyl (C=O) groups is 1. The number of rotatable bonds is 3. The number of hydrogen-bond donors (Lipinski definition) is 0. The van der Waals surface area contributed by atoms with E-state index < -0.39 is 0 Å². The van der Waals surface area contributed by atoms with E-state index in [0.717, 1.165) is 6.42 Å². The van der Waals surface area contributed by atoms with Crippen molar-refractivity contribution in [2.75, 3.05) is 0 Å². The van der Waals surface area contributed by atoms with Crippen molar-refractivity contribution in [1.29, 1.82) is 0 Å². The van der Waals surface area contributed by atoms with Crippen LogP contribution < -0.4 is 0 Å². The molecule has 1 fully saturated rings. The van der Waals surface area contributed by atoms with E-state index in [1.807, 2.05) is 4.90 Å². The second-order valence-corrected chi connectivity index (χ2v) is 5.69. The van der Waals surface area contributed by atoms with E-state index in [0.29, 0.717) is 24.7 Å². The summed E-state index contributed by atoms with van der Waals surface area (Å²) in [4.78, 5) is 18.3. The van der Waals surface area contributed by atoms with Crippen molar-refractivity contribution in [3.05, 3.63) is 46.6 Å². The van der Waals surface area contributed by atoms with Crippen LogP contribution in [0.15, 0.2) is 22.7 Å². The van der Waals surface area contributed by atoms with Gasteiger partial charge in [0.05, 0.1) is 0 Å². The van der Waals surface area contributed by atoms with E-state index in [1.165, 1.54) is 16.7 Å². The summed E-state index contributed by atoms with van der Waals surface area (Å²) < 4.78 is 5.26. The SMILES string of the molecule is Cc1ccc(C)c(CN2C(=O)CCC2c2nc(C)no2)c1. The maximum absolute atomic E-state index is 12.2. The highest BCUT2D eigenvalue weighted by Gasteiger charge is 2.35. The molecule has 1 saturated heterocycles. The molecule has 2 aromatic rings. The topological polar surface area (TPSA) is 59.2 Å². The fraction of sp³-hybridized carbons (Fsp3) is 0.438. The molecule has 0 bridgehead atoms. The molecule has 1 unspecified atom stereocenters. The first kappa shape index (κ1) is 13.8. The first-order chi connectivity index (χ1) is 10.0. The van der Waals surface area contributed by atoms with Crippen molar-refractivity contribution >= 4 is 5.91 Å². The predicted octanol–water partition coefficient (Wildman–Crippen LogP) is 2.86. The van der Waals surface area contributed by atoms with Crippen molar-refractivity contribution in [3.63, 3.8) is 0 Å². The molecule has 1 amide bonds. The Morgan fingerprint density at radius 2 is 2.14 bits per heavy atom. The summed E-state index contributed by atoms with van der Waals surface area (Å²) >= 11 is 0. The van der Waals surface area contributed by atoms with Gasteiger partial charge >= 0.3 is 0 Å². The van der Waals surface area contributed by atoms with E-state index in [2.05, 4.69) is 42.2 Å². The zero-order chi connectivity index (χ0) is 15.0. The predicted molar refractivity (Wildman–Crippen MR) is 77.5 cm³/mol. The van der Waals surface area contributed by atoms with Crippen LogP contribution in [-0.2, 0) is 11.3 Å². The number of hydrogen-bond acceptors (Lipinski definition) is 4. The Morgan fingerprint density at radius 1 is 1.33 bits per heavy atom. The van der Waals surface area contributed by atoms with Crippen LogP contribution >= 0.6 is 0 Å². The van der Waals surface area contributed by atoms with Gasteiger partial charge in [0.2, 0.25) is 11.8 Å². The summed E-state index contributed by atoms with van der Waals surface area (Å²) in [5.41, 5.74) is 3.57. The molecule has 5 heteroatoms. The first-order valence-electron chi connectivity index (χ1n) is 7.20. The summed E-state index contributed by atoms with van der Waals surface area (Å²) in [7, 11) is 0. The lowest BCUT2D eigenvalue weighted by Crippen LogP contribution is -2.27. The Bertz CT molecular complexity index is 678. The van der Waals surface area contributed by atoms with Crippen LogP contribution in [-0.4, -0.2) is 20.9 Å². The van der Waals surface area contributed by atoms with Crippen molar-refractivity contribution in [1.82, 2.24) is 15.0 Å². The van der Waals surface area contributed by atoms with Gasteiger partial charge in [0.15, 0.2) is 5.82 Å². The van der Waals surface area contributed by atoms with Crippen LogP contribution in [0.4, 0.5) is 0 Å². The molecular weight excluding hydrogens is 266 g/mol. The van der Waals surface area contributed by atoms with E-state index >= 15 is 0 Å². The van der Waals surface area contributed by atoms with Crippen molar-refractivity contribution in [3.8, 4) is 0 Å². The van der Waals surface area contributed by atoms with Crippen LogP contribution in [0.1, 0.15) is 47.3 Å². The van der Waals surface area contributed by atoms with E-state index in [9.17, 15) is 4.79 Å². The molecule has 0 N–H and O–H groups in total. The Kier molecular flexibility index (Phi) is 3.49. The zero-order valence-electron chi connectivity index (χ0n) is 12.6. The van der Waals surface area contributed by atoms with Crippen molar-refractivity contribution in [2.24, 2.45) is 0 Å². The first-order valence-corrected chi connectivity index (χ1v) is 7.20. The van der Waals surface area contributed by atoms with Gasteiger partial charge in [-0.2, -0.15) is 4.98 Å². The molecule has 110 valence electrons. The van der Waals surface area contributed by atoms with Crippen molar-refractivity contribution < 1.29 is 9.32 Å². The number of carbonyl (C=O) groups excluding carboxylic acids is 1. The third kappa shape index (κ3) is 2.68. The largest absolute Gasteiger partial charge is 0.337 e. The molecule has 0 saturated carbocycles. The fourth-order valence-corrected chi connectivity index (χ4v) is 2.79. The molecule has 3 rings (SSSR count). The lowest BCUT2D eigenvalue weighted by molar-refractivity contribution is -0.130. The number of aryl methyl sites for hydroxylation is 3. The molecule has 2 heterocycles. The van der Waals surface area contributed by atoms with Crippen LogP contribution in [0.2, 0.25) is 0 Å². The highest BCUT2D eigenvalue weighted by atomic mass is 16.5. The molecule has 5 nitrogen and oxygen atoms in total. The third-order valence-corrected chi connectivity index (χ3v) is 4.00. The monoisotopic (exact) mass is 285 g/mol. The average molecular weight is 285 g/mol. The molecule has 1 aromatic heterocycles. The van der Waals surface area contributed by atoms with Crippen LogP contribution in [0.5, 0.6) is 0 Å². The van der Waals surface area contributed by atoms with Gasteiger partial charge in [0.25, 0.3) is 0 Å². The Hall–Kier alpha value is -2.17. The fourth-order valence-electron chi connectivity index (χ4n) is 2.79. The average Bonchev–Trinajstić information content (AvgIpc) is 3.01. The lowest BCUT2D eigenvalue weighted by atomic mass is 10.0. The molecular formula is C16H19N3O2. The summed E-state index contributed by atoms with van der Waals surface area (Å²) in [6, 6.07) is 6.22. The van der Waals surface area contributed by atoms with Crippen LogP contribution in [0, 0.1) is 20.8 Å². The molecule has 1 aliphatic rings. The summed E-state index contributed by atoms with van der Waals surface area (Å²) in [5, 5.41) is 3.84. The van der Waals surface area contributed by atoms with E-state index in [1.54, 1.807) is 6.92 Å². The van der Waals surface area contributed by atoms with Crippen LogP contribution in [0.25, 0.3) is 0 Å². The minimum atomic E-state index is -0.0985.